The Morgan fingerprint density at radius 1 is 1.35 bits per heavy atom. The van der Waals surface area contributed by atoms with Crippen molar-refractivity contribution >= 4 is 15.9 Å². The molecule has 2 rings (SSSR count). The number of hydrogen-bond acceptors (Lipinski definition) is 1. The van der Waals surface area contributed by atoms with Crippen LogP contribution in [0.3, 0.4) is 0 Å². The summed E-state index contributed by atoms with van der Waals surface area (Å²) in [6.45, 7) is 6.48. The molecule has 1 aromatic carbocycles. The van der Waals surface area contributed by atoms with E-state index in [1.54, 1.807) is 0 Å². The maximum atomic E-state index is 5.78. The van der Waals surface area contributed by atoms with E-state index in [-0.39, 0.29) is 6.10 Å². The molecule has 0 bridgehead atoms. The van der Waals surface area contributed by atoms with Crippen LogP contribution in [0.4, 0.5) is 0 Å². The monoisotopic (exact) mass is 296 g/mol. The minimum atomic E-state index is 0.242. The summed E-state index contributed by atoms with van der Waals surface area (Å²) >= 11 is 3.82. The number of fused-ring (bicyclic) bond motifs is 1. The van der Waals surface area contributed by atoms with E-state index in [9.17, 15) is 0 Å². The molecule has 0 radical (unpaired) electrons. The van der Waals surface area contributed by atoms with Crippen molar-refractivity contribution < 1.29 is 4.74 Å². The summed E-state index contributed by atoms with van der Waals surface area (Å²) in [5, 5.41) is 0. The topological polar surface area (TPSA) is 9.23 Å². The zero-order valence-electron chi connectivity index (χ0n) is 10.9. The van der Waals surface area contributed by atoms with Crippen LogP contribution in [0.15, 0.2) is 18.2 Å². The highest BCUT2D eigenvalue weighted by atomic mass is 79.9. The molecule has 1 aromatic rings. The number of rotatable bonds is 2. The Kier molecular flexibility index (Phi) is 4.13. The number of ether oxygens (including phenoxy) is 1. The van der Waals surface area contributed by atoms with Crippen LogP contribution in [0.5, 0.6) is 5.75 Å². The molecule has 2 heteroatoms. The SMILES string of the molecule is CC1CCc2ccc(OC(C)C)cc2C(Br)C1. The van der Waals surface area contributed by atoms with Gasteiger partial charge in [-0.1, -0.05) is 28.9 Å². The highest BCUT2D eigenvalue weighted by Gasteiger charge is 2.20. The Labute approximate surface area is 113 Å². The molecule has 0 fully saturated rings. The van der Waals surface area contributed by atoms with Gasteiger partial charge in [-0.05, 0) is 62.3 Å². The highest BCUT2D eigenvalue weighted by molar-refractivity contribution is 9.09. The Morgan fingerprint density at radius 2 is 2.12 bits per heavy atom. The molecule has 1 nitrogen and oxygen atoms in total. The van der Waals surface area contributed by atoms with E-state index >= 15 is 0 Å². The fourth-order valence-electron chi connectivity index (χ4n) is 2.44. The summed E-state index contributed by atoms with van der Waals surface area (Å²) in [6.07, 6.45) is 3.95. The molecule has 94 valence electrons. The van der Waals surface area contributed by atoms with Crippen LogP contribution in [0.25, 0.3) is 0 Å². The third kappa shape index (κ3) is 3.25. The molecule has 0 saturated carbocycles. The molecular formula is C15H21BrO. The largest absolute Gasteiger partial charge is 0.491 e. The molecular weight excluding hydrogens is 276 g/mol. The van der Waals surface area contributed by atoms with Crippen molar-refractivity contribution in [3.63, 3.8) is 0 Å². The van der Waals surface area contributed by atoms with E-state index < -0.39 is 0 Å². The Balaban J connectivity index is 2.27. The number of benzene rings is 1. The lowest BCUT2D eigenvalue weighted by Crippen LogP contribution is -2.06. The molecule has 0 aromatic heterocycles. The van der Waals surface area contributed by atoms with Crippen LogP contribution in [-0.4, -0.2) is 6.10 Å². The minimum absolute atomic E-state index is 0.242. The zero-order chi connectivity index (χ0) is 12.4. The molecule has 0 aliphatic heterocycles. The molecule has 0 amide bonds. The van der Waals surface area contributed by atoms with Gasteiger partial charge in [-0.15, -0.1) is 0 Å². The molecule has 0 saturated heterocycles. The molecule has 1 aliphatic carbocycles. The first-order valence-corrected chi connectivity index (χ1v) is 7.41. The second-order valence-corrected chi connectivity index (χ2v) is 6.48. The lowest BCUT2D eigenvalue weighted by molar-refractivity contribution is 0.242. The Bertz CT molecular complexity index is 387. The van der Waals surface area contributed by atoms with E-state index in [2.05, 4.69) is 54.9 Å². The van der Waals surface area contributed by atoms with Crippen molar-refractivity contribution in [1.29, 1.82) is 0 Å². The standard InChI is InChI=1S/C15H21BrO/c1-10(2)17-13-7-6-12-5-4-11(3)8-15(16)14(12)9-13/h6-7,9-11,15H,4-5,8H2,1-3H3. The molecule has 2 unspecified atom stereocenters. The van der Waals surface area contributed by atoms with Gasteiger partial charge in [-0.25, -0.2) is 0 Å². The third-order valence-electron chi connectivity index (χ3n) is 3.34. The van der Waals surface area contributed by atoms with Crippen molar-refractivity contribution in [3.8, 4) is 5.75 Å². The van der Waals surface area contributed by atoms with Crippen molar-refractivity contribution in [2.24, 2.45) is 5.92 Å². The molecule has 2 atom stereocenters. The van der Waals surface area contributed by atoms with E-state index in [1.165, 1.54) is 30.4 Å². The van der Waals surface area contributed by atoms with Crippen molar-refractivity contribution in [2.45, 2.75) is 51.0 Å². The Hall–Kier alpha value is -0.500. The van der Waals surface area contributed by atoms with Crippen molar-refractivity contribution in [1.82, 2.24) is 0 Å². The number of hydrogen-bond donors (Lipinski definition) is 0. The summed E-state index contributed by atoms with van der Waals surface area (Å²) in [6, 6.07) is 6.56. The van der Waals surface area contributed by atoms with Gasteiger partial charge in [-0.2, -0.15) is 0 Å². The summed E-state index contributed by atoms with van der Waals surface area (Å²) < 4.78 is 5.78. The summed E-state index contributed by atoms with van der Waals surface area (Å²) in [7, 11) is 0. The van der Waals surface area contributed by atoms with Gasteiger partial charge in [0, 0.05) is 4.83 Å². The van der Waals surface area contributed by atoms with Gasteiger partial charge in [0.2, 0.25) is 0 Å². The average molecular weight is 297 g/mol. The molecule has 17 heavy (non-hydrogen) atoms. The normalized spacial score (nSPS) is 24.3. The zero-order valence-corrected chi connectivity index (χ0v) is 12.5. The van der Waals surface area contributed by atoms with Crippen molar-refractivity contribution in [3.05, 3.63) is 29.3 Å². The average Bonchev–Trinajstić information content (AvgIpc) is 2.38. The summed E-state index contributed by atoms with van der Waals surface area (Å²) in [5.74, 6) is 1.79. The summed E-state index contributed by atoms with van der Waals surface area (Å²) in [5.41, 5.74) is 2.90. The fourth-order valence-corrected chi connectivity index (χ4v) is 3.50. The van der Waals surface area contributed by atoms with Gasteiger partial charge in [0.15, 0.2) is 0 Å². The molecule has 0 N–H and O–H groups in total. The molecule has 0 spiro atoms. The Morgan fingerprint density at radius 3 is 2.82 bits per heavy atom. The van der Waals surface area contributed by atoms with Crippen LogP contribution >= 0.6 is 15.9 Å². The first-order valence-electron chi connectivity index (χ1n) is 6.50. The lowest BCUT2D eigenvalue weighted by Gasteiger charge is -2.16. The predicted octanol–water partition coefficient (Wildman–Crippen LogP) is 4.88. The van der Waals surface area contributed by atoms with Crippen LogP contribution in [0, 0.1) is 5.92 Å². The van der Waals surface area contributed by atoms with Gasteiger partial charge in [-0.3, -0.25) is 0 Å². The van der Waals surface area contributed by atoms with E-state index in [0.717, 1.165) is 11.7 Å². The molecule has 0 heterocycles. The van der Waals surface area contributed by atoms with Gasteiger partial charge >= 0.3 is 0 Å². The first kappa shape index (κ1) is 12.9. The highest BCUT2D eigenvalue weighted by Crippen LogP contribution is 2.39. The van der Waals surface area contributed by atoms with Gasteiger partial charge < -0.3 is 4.74 Å². The first-order chi connectivity index (χ1) is 8.06. The lowest BCUT2D eigenvalue weighted by atomic mass is 10.0. The number of halogens is 1. The van der Waals surface area contributed by atoms with Gasteiger partial charge in [0.05, 0.1) is 6.10 Å². The third-order valence-corrected chi connectivity index (χ3v) is 4.21. The number of aryl methyl sites for hydroxylation is 1. The van der Waals surface area contributed by atoms with Crippen LogP contribution < -0.4 is 4.74 Å². The quantitative estimate of drug-likeness (QED) is 0.558. The van der Waals surface area contributed by atoms with E-state index in [4.69, 9.17) is 4.74 Å². The maximum absolute atomic E-state index is 5.78. The fraction of sp³-hybridized carbons (Fsp3) is 0.600. The van der Waals surface area contributed by atoms with E-state index in [0.29, 0.717) is 4.83 Å². The maximum Gasteiger partial charge on any atom is 0.120 e. The predicted molar refractivity (Wildman–Crippen MR) is 76.0 cm³/mol. The van der Waals surface area contributed by atoms with Crippen LogP contribution in [0.2, 0.25) is 0 Å². The van der Waals surface area contributed by atoms with Crippen molar-refractivity contribution in [2.75, 3.05) is 0 Å². The summed E-state index contributed by atoms with van der Waals surface area (Å²) in [4.78, 5) is 0.478. The molecule has 1 aliphatic rings. The second-order valence-electron chi connectivity index (χ2n) is 5.37. The van der Waals surface area contributed by atoms with Crippen LogP contribution in [-0.2, 0) is 6.42 Å². The minimum Gasteiger partial charge on any atom is -0.491 e. The van der Waals surface area contributed by atoms with Gasteiger partial charge in [0.25, 0.3) is 0 Å². The van der Waals surface area contributed by atoms with Crippen LogP contribution in [0.1, 0.15) is 49.6 Å². The number of alkyl halides is 1. The smallest absolute Gasteiger partial charge is 0.120 e. The van der Waals surface area contributed by atoms with Gasteiger partial charge in [0.1, 0.15) is 5.75 Å². The second kappa shape index (κ2) is 5.43. The van der Waals surface area contributed by atoms with E-state index in [1.807, 2.05) is 0 Å².